The molecule has 5 nitrogen and oxygen atoms in total. The molecular formula is C10H16N2O3. The molecule has 0 aliphatic rings. The Morgan fingerprint density at radius 1 is 1.60 bits per heavy atom. The van der Waals surface area contributed by atoms with E-state index in [1.54, 1.807) is 17.7 Å². The van der Waals surface area contributed by atoms with Crippen LogP contribution in [0.15, 0.2) is 12.1 Å². The molecular weight excluding hydrogens is 196 g/mol. The van der Waals surface area contributed by atoms with Gasteiger partial charge in [-0.25, -0.2) is 0 Å². The van der Waals surface area contributed by atoms with E-state index in [1.807, 2.05) is 13.0 Å². The Kier molecular flexibility index (Phi) is 3.88. The molecule has 0 aliphatic heterocycles. The SMILES string of the molecule is Cc1ccc(C(=O)NCC(O)CO)n1C. The number of hydrogen-bond acceptors (Lipinski definition) is 3. The minimum Gasteiger partial charge on any atom is -0.394 e. The van der Waals surface area contributed by atoms with Gasteiger partial charge in [-0.05, 0) is 19.1 Å². The van der Waals surface area contributed by atoms with Crippen molar-refractivity contribution in [2.45, 2.75) is 13.0 Å². The van der Waals surface area contributed by atoms with Crippen LogP contribution in [0.1, 0.15) is 16.2 Å². The van der Waals surface area contributed by atoms with Crippen LogP contribution in [-0.2, 0) is 7.05 Å². The van der Waals surface area contributed by atoms with Crippen molar-refractivity contribution in [2.24, 2.45) is 7.05 Å². The maximum Gasteiger partial charge on any atom is 0.267 e. The lowest BCUT2D eigenvalue weighted by Crippen LogP contribution is -2.34. The smallest absolute Gasteiger partial charge is 0.267 e. The van der Waals surface area contributed by atoms with Gasteiger partial charge in [-0.2, -0.15) is 0 Å². The lowest BCUT2D eigenvalue weighted by molar-refractivity contribution is 0.0796. The standard InChI is InChI=1S/C10H16N2O3/c1-7-3-4-9(12(7)2)10(15)11-5-8(14)6-13/h3-4,8,13-14H,5-6H2,1-2H3,(H,11,15). The van der Waals surface area contributed by atoms with E-state index in [2.05, 4.69) is 5.32 Å². The number of nitrogens with zero attached hydrogens (tertiary/aromatic N) is 1. The number of hydrogen-bond donors (Lipinski definition) is 3. The Bertz CT molecular complexity index is 346. The molecule has 1 amide bonds. The van der Waals surface area contributed by atoms with Gasteiger partial charge in [0.05, 0.1) is 12.7 Å². The predicted molar refractivity (Wildman–Crippen MR) is 55.6 cm³/mol. The second-order valence-corrected chi connectivity index (χ2v) is 3.47. The molecule has 84 valence electrons. The van der Waals surface area contributed by atoms with Gasteiger partial charge >= 0.3 is 0 Å². The molecule has 1 aromatic rings. The summed E-state index contributed by atoms with van der Waals surface area (Å²) in [6.07, 6.45) is -0.907. The van der Waals surface area contributed by atoms with Crippen molar-refractivity contribution in [3.8, 4) is 0 Å². The molecule has 15 heavy (non-hydrogen) atoms. The molecule has 1 rings (SSSR count). The molecule has 0 saturated heterocycles. The first kappa shape index (κ1) is 11.7. The van der Waals surface area contributed by atoms with Gasteiger partial charge in [0.1, 0.15) is 5.69 Å². The third kappa shape index (κ3) is 2.81. The molecule has 5 heteroatoms. The molecule has 0 aromatic carbocycles. The number of aliphatic hydroxyl groups is 2. The van der Waals surface area contributed by atoms with Gasteiger partial charge in [-0.1, -0.05) is 0 Å². The number of carbonyl (C=O) groups is 1. The highest BCUT2D eigenvalue weighted by molar-refractivity contribution is 5.92. The van der Waals surface area contributed by atoms with E-state index in [1.165, 1.54) is 0 Å². The molecule has 0 saturated carbocycles. The number of amides is 1. The van der Waals surface area contributed by atoms with Crippen LogP contribution in [0.25, 0.3) is 0 Å². The number of rotatable bonds is 4. The van der Waals surface area contributed by atoms with Gasteiger partial charge in [0.15, 0.2) is 0 Å². The highest BCUT2D eigenvalue weighted by atomic mass is 16.3. The van der Waals surface area contributed by atoms with Crippen LogP contribution < -0.4 is 5.32 Å². The Morgan fingerprint density at radius 2 is 2.27 bits per heavy atom. The summed E-state index contributed by atoms with van der Waals surface area (Å²) in [7, 11) is 1.80. The van der Waals surface area contributed by atoms with Crippen LogP contribution in [0, 0.1) is 6.92 Å². The second kappa shape index (κ2) is 4.95. The highest BCUT2D eigenvalue weighted by Crippen LogP contribution is 2.05. The van der Waals surface area contributed by atoms with Crippen molar-refractivity contribution in [2.75, 3.05) is 13.2 Å². The zero-order chi connectivity index (χ0) is 11.4. The highest BCUT2D eigenvalue weighted by Gasteiger charge is 2.11. The fourth-order valence-electron chi connectivity index (χ4n) is 1.21. The molecule has 3 N–H and O–H groups in total. The molecule has 0 fully saturated rings. The van der Waals surface area contributed by atoms with E-state index in [9.17, 15) is 4.79 Å². The zero-order valence-corrected chi connectivity index (χ0v) is 8.90. The lowest BCUT2D eigenvalue weighted by atomic mass is 10.3. The summed E-state index contributed by atoms with van der Waals surface area (Å²) in [5.74, 6) is -0.252. The summed E-state index contributed by atoms with van der Waals surface area (Å²) in [6, 6.07) is 3.56. The van der Waals surface area contributed by atoms with Gasteiger partial charge in [0.25, 0.3) is 5.91 Å². The fourth-order valence-corrected chi connectivity index (χ4v) is 1.21. The van der Waals surface area contributed by atoms with Crippen molar-refractivity contribution in [1.82, 2.24) is 9.88 Å². The summed E-state index contributed by atoms with van der Waals surface area (Å²) in [6.45, 7) is 1.60. The summed E-state index contributed by atoms with van der Waals surface area (Å²) in [5.41, 5.74) is 1.53. The van der Waals surface area contributed by atoms with Crippen LogP contribution in [0.3, 0.4) is 0 Å². The van der Waals surface area contributed by atoms with E-state index < -0.39 is 6.10 Å². The quantitative estimate of drug-likeness (QED) is 0.625. The zero-order valence-electron chi connectivity index (χ0n) is 8.90. The molecule has 1 aromatic heterocycles. The van der Waals surface area contributed by atoms with Gasteiger partial charge in [-0.15, -0.1) is 0 Å². The normalized spacial score (nSPS) is 12.5. The van der Waals surface area contributed by atoms with Crippen molar-refractivity contribution in [3.63, 3.8) is 0 Å². The monoisotopic (exact) mass is 212 g/mol. The lowest BCUT2D eigenvalue weighted by Gasteiger charge is -2.09. The van der Waals surface area contributed by atoms with E-state index in [-0.39, 0.29) is 19.1 Å². The van der Waals surface area contributed by atoms with Crippen molar-refractivity contribution >= 4 is 5.91 Å². The third-order valence-corrected chi connectivity index (χ3v) is 2.31. The van der Waals surface area contributed by atoms with Crippen LogP contribution in [-0.4, -0.2) is 39.9 Å². The molecule has 1 atom stereocenters. The van der Waals surface area contributed by atoms with Crippen LogP contribution in [0.5, 0.6) is 0 Å². The van der Waals surface area contributed by atoms with Gasteiger partial charge < -0.3 is 20.1 Å². The first-order valence-corrected chi connectivity index (χ1v) is 4.75. The Labute approximate surface area is 88.3 Å². The van der Waals surface area contributed by atoms with Crippen molar-refractivity contribution in [1.29, 1.82) is 0 Å². The van der Waals surface area contributed by atoms with Crippen LogP contribution >= 0.6 is 0 Å². The third-order valence-electron chi connectivity index (χ3n) is 2.31. The Balaban J connectivity index is 2.58. The molecule has 0 radical (unpaired) electrons. The summed E-state index contributed by atoms with van der Waals surface area (Å²) >= 11 is 0. The molecule has 0 spiro atoms. The predicted octanol–water partition coefficient (Wildman–Crippen LogP) is -0.583. The minimum atomic E-state index is -0.907. The Morgan fingerprint density at radius 3 is 2.73 bits per heavy atom. The number of nitrogens with one attached hydrogen (secondary N) is 1. The first-order valence-electron chi connectivity index (χ1n) is 4.75. The summed E-state index contributed by atoms with van der Waals surface area (Å²) < 4.78 is 1.76. The molecule has 0 bridgehead atoms. The number of aromatic nitrogens is 1. The average molecular weight is 212 g/mol. The average Bonchev–Trinajstić information content (AvgIpc) is 2.56. The first-order chi connectivity index (χ1) is 7.06. The van der Waals surface area contributed by atoms with Crippen molar-refractivity contribution in [3.05, 3.63) is 23.5 Å². The van der Waals surface area contributed by atoms with E-state index >= 15 is 0 Å². The van der Waals surface area contributed by atoms with Gasteiger partial charge in [0.2, 0.25) is 0 Å². The molecule has 1 heterocycles. The number of aliphatic hydroxyl groups excluding tert-OH is 2. The number of carbonyl (C=O) groups excluding carboxylic acids is 1. The van der Waals surface area contributed by atoms with Gasteiger partial charge in [-0.3, -0.25) is 4.79 Å². The minimum absolute atomic E-state index is 0.0551. The Hall–Kier alpha value is -1.33. The largest absolute Gasteiger partial charge is 0.394 e. The maximum atomic E-state index is 11.6. The molecule has 1 unspecified atom stereocenters. The number of aryl methyl sites for hydroxylation is 1. The second-order valence-electron chi connectivity index (χ2n) is 3.47. The molecule has 0 aliphatic carbocycles. The van der Waals surface area contributed by atoms with Crippen molar-refractivity contribution < 1.29 is 15.0 Å². The summed E-state index contributed by atoms with van der Waals surface area (Å²) in [4.78, 5) is 11.6. The van der Waals surface area contributed by atoms with E-state index in [0.29, 0.717) is 5.69 Å². The van der Waals surface area contributed by atoms with E-state index in [4.69, 9.17) is 10.2 Å². The maximum absolute atomic E-state index is 11.6. The topological polar surface area (TPSA) is 74.5 Å². The fraction of sp³-hybridized carbons (Fsp3) is 0.500. The van der Waals surface area contributed by atoms with E-state index in [0.717, 1.165) is 5.69 Å². The van der Waals surface area contributed by atoms with Crippen LogP contribution in [0.4, 0.5) is 0 Å². The van der Waals surface area contributed by atoms with Gasteiger partial charge in [0, 0.05) is 19.3 Å². The van der Waals surface area contributed by atoms with Crippen LogP contribution in [0.2, 0.25) is 0 Å². The summed E-state index contributed by atoms with van der Waals surface area (Å²) in [5, 5.41) is 20.2.